The average molecular weight is 367 g/mol. The van der Waals surface area contributed by atoms with Crippen LogP contribution < -0.4 is 5.32 Å². The maximum atomic E-state index is 5.88. The molecule has 0 radical (unpaired) electrons. The number of aliphatic imine (C=N–C) groups is 1. The number of hydrogen-bond acceptors (Lipinski definition) is 3. The molecule has 0 unspecified atom stereocenters. The highest BCUT2D eigenvalue weighted by atomic mass is 16.3. The van der Waals surface area contributed by atoms with Crippen LogP contribution in [0.4, 0.5) is 0 Å². The summed E-state index contributed by atoms with van der Waals surface area (Å²) in [5.41, 5.74) is 3.31. The molecule has 0 aliphatic rings. The highest BCUT2D eigenvalue weighted by Gasteiger charge is 2.15. The third-order valence-electron chi connectivity index (χ3n) is 4.60. The first-order valence-electron chi connectivity index (χ1n) is 9.39. The van der Waals surface area contributed by atoms with Crippen LogP contribution >= 0.6 is 0 Å². The highest BCUT2D eigenvalue weighted by molar-refractivity contribution is 5.80. The molecule has 0 aliphatic heterocycles. The van der Waals surface area contributed by atoms with E-state index in [0.717, 1.165) is 47.9 Å². The van der Waals surface area contributed by atoms with Gasteiger partial charge >= 0.3 is 0 Å². The third-order valence-corrected chi connectivity index (χ3v) is 4.60. The Labute approximate surface area is 160 Å². The van der Waals surface area contributed by atoms with Gasteiger partial charge in [-0.2, -0.15) is 5.10 Å². The normalized spacial score (nSPS) is 12.1. The van der Waals surface area contributed by atoms with Crippen LogP contribution in [0.15, 0.2) is 45.9 Å². The second-order valence-corrected chi connectivity index (χ2v) is 7.20. The van der Waals surface area contributed by atoms with Gasteiger partial charge in [-0.25, -0.2) is 0 Å². The molecule has 0 aliphatic carbocycles. The predicted octanol–water partition coefficient (Wildman–Crippen LogP) is 3.54. The van der Waals surface area contributed by atoms with Gasteiger partial charge in [-0.1, -0.05) is 32.0 Å². The van der Waals surface area contributed by atoms with Gasteiger partial charge in [-0.15, -0.1) is 0 Å². The van der Waals surface area contributed by atoms with Crippen LogP contribution in [0.1, 0.15) is 36.8 Å². The number of nitrogens with one attached hydrogen (secondary N) is 1. The lowest BCUT2D eigenvalue weighted by Crippen LogP contribution is -2.39. The van der Waals surface area contributed by atoms with Crippen molar-refractivity contribution in [3.8, 4) is 0 Å². The summed E-state index contributed by atoms with van der Waals surface area (Å²) < 4.78 is 7.77. The Kier molecular flexibility index (Phi) is 5.84. The van der Waals surface area contributed by atoms with Crippen molar-refractivity contribution in [3.05, 3.63) is 53.5 Å². The molecule has 1 N–H and O–H groups in total. The topological polar surface area (TPSA) is 58.6 Å². The maximum Gasteiger partial charge on any atom is 0.193 e. The van der Waals surface area contributed by atoms with Crippen LogP contribution in [0, 0.1) is 0 Å². The van der Waals surface area contributed by atoms with Crippen molar-refractivity contribution in [2.75, 3.05) is 20.6 Å². The van der Waals surface area contributed by atoms with Crippen LogP contribution in [-0.2, 0) is 20.0 Å². The summed E-state index contributed by atoms with van der Waals surface area (Å²) in [6.45, 7) is 5.88. The van der Waals surface area contributed by atoms with Gasteiger partial charge in [0.1, 0.15) is 11.3 Å². The zero-order valence-corrected chi connectivity index (χ0v) is 16.9. The summed E-state index contributed by atoms with van der Waals surface area (Å²) in [5, 5.41) is 9.16. The summed E-state index contributed by atoms with van der Waals surface area (Å²) >= 11 is 0. The van der Waals surface area contributed by atoms with Gasteiger partial charge < -0.3 is 14.6 Å². The van der Waals surface area contributed by atoms with E-state index in [2.05, 4.69) is 52.5 Å². The standard InChI is InChI=1S/C21H29N5O/c1-15(2)20-17(14-26(5)24-20)13-25(4)21(22-3)23-11-10-18-12-16-8-6-7-9-19(16)27-18/h6-9,12,14-15H,10-11,13H2,1-5H3,(H,22,23). The number of nitrogens with zero attached hydrogens (tertiary/aromatic N) is 4. The van der Waals surface area contributed by atoms with Crippen molar-refractivity contribution in [1.29, 1.82) is 0 Å². The lowest BCUT2D eigenvalue weighted by Gasteiger charge is -2.22. The van der Waals surface area contributed by atoms with Crippen LogP contribution in [0.2, 0.25) is 0 Å². The molecule has 0 saturated heterocycles. The number of guanidine groups is 1. The Morgan fingerprint density at radius 3 is 2.81 bits per heavy atom. The number of fused-ring (bicyclic) bond motifs is 1. The molecule has 0 spiro atoms. The van der Waals surface area contributed by atoms with E-state index < -0.39 is 0 Å². The smallest absolute Gasteiger partial charge is 0.193 e. The van der Waals surface area contributed by atoms with Gasteiger partial charge in [0.05, 0.1) is 5.69 Å². The van der Waals surface area contributed by atoms with Gasteiger partial charge in [0.15, 0.2) is 5.96 Å². The number of aryl methyl sites for hydroxylation is 1. The van der Waals surface area contributed by atoms with Gasteiger partial charge in [0, 0.05) is 57.8 Å². The zero-order valence-electron chi connectivity index (χ0n) is 16.9. The largest absolute Gasteiger partial charge is 0.461 e. The maximum absolute atomic E-state index is 5.88. The quantitative estimate of drug-likeness (QED) is 0.535. The molecule has 27 heavy (non-hydrogen) atoms. The van der Waals surface area contributed by atoms with Gasteiger partial charge in [-0.05, 0) is 18.1 Å². The molecule has 3 aromatic rings. The minimum Gasteiger partial charge on any atom is -0.461 e. The number of rotatable bonds is 6. The van der Waals surface area contributed by atoms with Crippen molar-refractivity contribution in [1.82, 2.24) is 20.0 Å². The Morgan fingerprint density at radius 2 is 2.11 bits per heavy atom. The fraction of sp³-hybridized carbons (Fsp3) is 0.429. The van der Waals surface area contributed by atoms with Crippen LogP contribution in [0.25, 0.3) is 11.0 Å². The molecule has 0 bridgehead atoms. The summed E-state index contributed by atoms with van der Waals surface area (Å²) in [5.74, 6) is 2.25. The molecule has 0 fully saturated rings. The molecule has 0 amide bonds. The molecule has 6 nitrogen and oxygen atoms in total. The van der Waals surface area contributed by atoms with E-state index in [1.165, 1.54) is 5.56 Å². The Balaban J connectivity index is 1.58. The van der Waals surface area contributed by atoms with Crippen molar-refractivity contribution in [2.45, 2.75) is 32.7 Å². The lowest BCUT2D eigenvalue weighted by molar-refractivity contribution is 0.470. The van der Waals surface area contributed by atoms with E-state index in [1.54, 1.807) is 0 Å². The monoisotopic (exact) mass is 367 g/mol. The summed E-state index contributed by atoms with van der Waals surface area (Å²) in [4.78, 5) is 6.54. The number of para-hydroxylation sites is 1. The van der Waals surface area contributed by atoms with E-state index >= 15 is 0 Å². The molecule has 2 aromatic heterocycles. The van der Waals surface area contributed by atoms with E-state index in [-0.39, 0.29) is 0 Å². The Bertz CT molecular complexity index is 889. The van der Waals surface area contributed by atoms with E-state index in [1.807, 2.05) is 44.0 Å². The second kappa shape index (κ2) is 8.29. The SMILES string of the molecule is CN=C(NCCc1cc2ccccc2o1)N(C)Cc1cn(C)nc1C(C)C. The van der Waals surface area contributed by atoms with Crippen LogP contribution in [0.3, 0.4) is 0 Å². The van der Waals surface area contributed by atoms with Gasteiger partial charge in [-0.3, -0.25) is 9.67 Å². The van der Waals surface area contributed by atoms with E-state index in [9.17, 15) is 0 Å². The predicted molar refractivity (Wildman–Crippen MR) is 110 cm³/mol. The number of furan rings is 1. The van der Waals surface area contributed by atoms with Crippen molar-refractivity contribution in [3.63, 3.8) is 0 Å². The second-order valence-electron chi connectivity index (χ2n) is 7.20. The Morgan fingerprint density at radius 1 is 1.33 bits per heavy atom. The molecule has 0 atom stereocenters. The van der Waals surface area contributed by atoms with Gasteiger partial charge in [0.2, 0.25) is 0 Å². The molecule has 1 aromatic carbocycles. The first kappa shape index (κ1) is 19.0. The minimum absolute atomic E-state index is 0.401. The Hall–Kier alpha value is -2.76. The van der Waals surface area contributed by atoms with Gasteiger partial charge in [0.25, 0.3) is 0 Å². The summed E-state index contributed by atoms with van der Waals surface area (Å²) in [6.07, 6.45) is 2.90. The zero-order chi connectivity index (χ0) is 19.4. The summed E-state index contributed by atoms with van der Waals surface area (Å²) in [7, 11) is 5.83. The third kappa shape index (κ3) is 4.51. The number of hydrogen-bond donors (Lipinski definition) is 1. The first-order chi connectivity index (χ1) is 13.0. The molecule has 6 heteroatoms. The molecular formula is C21H29N5O. The molecule has 0 saturated carbocycles. The number of benzene rings is 1. The molecular weight excluding hydrogens is 338 g/mol. The van der Waals surface area contributed by atoms with Crippen molar-refractivity contribution < 1.29 is 4.42 Å². The highest BCUT2D eigenvalue weighted by Crippen LogP contribution is 2.19. The van der Waals surface area contributed by atoms with Crippen LogP contribution in [0.5, 0.6) is 0 Å². The minimum atomic E-state index is 0.401. The summed E-state index contributed by atoms with van der Waals surface area (Å²) in [6, 6.07) is 10.2. The first-order valence-corrected chi connectivity index (χ1v) is 9.39. The molecule has 2 heterocycles. The lowest BCUT2D eigenvalue weighted by atomic mass is 10.1. The number of aromatic nitrogens is 2. The van der Waals surface area contributed by atoms with E-state index in [4.69, 9.17) is 4.42 Å². The molecule has 144 valence electrons. The van der Waals surface area contributed by atoms with Crippen LogP contribution in [-0.4, -0.2) is 41.3 Å². The van der Waals surface area contributed by atoms with Crippen molar-refractivity contribution in [2.24, 2.45) is 12.0 Å². The molecule has 3 rings (SSSR count). The fourth-order valence-electron chi connectivity index (χ4n) is 3.34. The van der Waals surface area contributed by atoms with Crippen molar-refractivity contribution >= 4 is 16.9 Å². The van der Waals surface area contributed by atoms with E-state index in [0.29, 0.717) is 5.92 Å². The fourth-order valence-corrected chi connectivity index (χ4v) is 3.34. The average Bonchev–Trinajstić information content (AvgIpc) is 3.21.